The first-order chi connectivity index (χ1) is 26.3. The zero-order valence-corrected chi connectivity index (χ0v) is 28.8. The van der Waals surface area contributed by atoms with Gasteiger partial charge in [-0.1, -0.05) is 127 Å². The Morgan fingerprint density at radius 2 is 1.02 bits per heavy atom. The summed E-state index contributed by atoms with van der Waals surface area (Å²) in [5.74, 6) is 1.75. The van der Waals surface area contributed by atoms with Gasteiger partial charge in [-0.05, 0) is 88.1 Å². The van der Waals surface area contributed by atoms with Gasteiger partial charge < -0.3 is 14.2 Å². The molecule has 0 atom stereocenters. The summed E-state index contributed by atoms with van der Waals surface area (Å²) < 4.78 is 9.09. The van der Waals surface area contributed by atoms with E-state index >= 15 is 0 Å². The number of nitrogens with zero attached hydrogens (tertiary/aromatic N) is 2. The lowest BCUT2D eigenvalue weighted by molar-refractivity contribution is 0.487. The highest BCUT2D eigenvalue weighted by Gasteiger charge is 2.23. The Hall–Kier alpha value is -7.10. The van der Waals surface area contributed by atoms with E-state index in [4.69, 9.17) is 4.74 Å². The van der Waals surface area contributed by atoms with Crippen molar-refractivity contribution in [3.8, 4) is 39.4 Å². The number of anilines is 3. The van der Waals surface area contributed by atoms with Gasteiger partial charge in [-0.15, -0.1) is 0 Å². The number of hydrogen-bond donors (Lipinski definition) is 0. The lowest BCUT2D eigenvalue weighted by Gasteiger charge is -2.28. The summed E-state index contributed by atoms with van der Waals surface area (Å²) in [6, 6.07) is 69.7. The third kappa shape index (κ3) is 4.68. The van der Waals surface area contributed by atoms with Crippen LogP contribution < -0.4 is 9.64 Å². The van der Waals surface area contributed by atoms with Crippen LogP contribution in [0.15, 0.2) is 194 Å². The molecule has 3 heteroatoms. The Morgan fingerprint density at radius 3 is 1.91 bits per heavy atom. The van der Waals surface area contributed by atoms with E-state index < -0.39 is 0 Å². The summed E-state index contributed by atoms with van der Waals surface area (Å²) in [7, 11) is 0. The van der Waals surface area contributed by atoms with Crippen molar-refractivity contribution in [2.45, 2.75) is 0 Å². The largest absolute Gasteiger partial charge is 0.456 e. The van der Waals surface area contributed by atoms with Gasteiger partial charge in [0.2, 0.25) is 0 Å². The first kappa shape index (κ1) is 29.6. The molecule has 248 valence electrons. The van der Waals surface area contributed by atoms with Gasteiger partial charge in [0.1, 0.15) is 11.5 Å². The van der Waals surface area contributed by atoms with E-state index in [-0.39, 0.29) is 0 Å². The number of para-hydroxylation sites is 1. The lowest BCUT2D eigenvalue weighted by Crippen LogP contribution is -2.10. The highest BCUT2D eigenvalue weighted by atomic mass is 16.5. The lowest BCUT2D eigenvalue weighted by atomic mass is 9.94. The third-order valence-corrected chi connectivity index (χ3v) is 10.8. The Balaban J connectivity index is 1.11. The van der Waals surface area contributed by atoms with Crippen LogP contribution in [0.25, 0.3) is 71.3 Å². The summed E-state index contributed by atoms with van der Waals surface area (Å²) in [5.41, 5.74) is 11.4. The van der Waals surface area contributed by atoms with Crippen molar-refractivity contribution in [3.05, 3.63) is 194 Å². The van der Waals surface area contributed by atoms with Crippen molar-refractivity contribution in [1.82, 2.24) is 4.57 Å². The van der Waals surface area contributed by atoms with Crippen LogP contribution in [0.2, 0.25) is 0 Å². The van der Waals surface area contributed by atoms with Crippen LogP contribution in [0.3, 0.4) is 0 Å². The van der Waals surface area contributed by atoms with Gasteiger partial charge in [0.15, 0.2) is 0 Å². The van der Waals surface area contributed by atoms with Gasteiger partial charge in [-0.25, -0.2) is 0 Å². The quantitative estimate of drug-likeness (QED) is 0.181. The predicted molar refractivity (Wildman–Crippen MR) is 221 cm³/mol. The van der Waals surface area contributed by atoms with E-state index in [2.05, 4.69) is 204 Å². The SMILES string of the molecule is c1ccc(-c2ccc(N(c3ccc4c(c3)Oc3cccc5cccc-4c35)c3ccc4c(c3)c3ccccc3n4-c3cccc4ccccc34)cc2)cc1. The summed E-state index contributed by atoms with van der Waals surface area (Å²) in [4.78, 5) is 2.35. The summed E-state index contributed by atoms with van der Waals surface area (Å²) >= 11 is 0. The van der Waals surface area contributed by atoms with Crippen LogP contribution >= 0.6 is 0 Å². The van der Waals surface area contributed by atoms with Crippen LogP contribution in [0.5, 0.6) is 11.5 Å². The van der Waals surface area contributed by atoms with Crippen molar-refractivity contribution in [2.24, 2.45) is 0 Å². The Morgan fingerprint density at radius 1 is 0.377 bits per heavy atom. The van der Waals surface area contributed by atoms with Crippen molar-refractivity contribution >= 4 is 60.4 Å². The molecule has 0 aliphatic carbocycles. The molecule has 0 bridgehead atoms. The number of ether oxygens (including phenoxy) is 1. The summed E-state index contributed by atoms with van der Waals surface area (Å²) in [6.07, 6.45) is 0. The molecule has 0 N–H and O–H groups in total. The minimum absolute atomic E-state index is 0.855. The third-order valence-electron chi connectivity index (χ3n) is 10.8. The van der Waals surface area contributed by atoms with Gasteiger partial charge in [-0.3, -0.25) is 0 Å². The van der Waals surface area contributed by atoms with Crippen LogP contribution in [0.1, 0.15) is 0 Å². The Labute approximate surface area is 307 Å². The topological polar surface area (TPSA) is 17.4 Å². The number of aromatic nitrogens is 1. The molecule has 10 aromatic rings. The maximum absolute atomic E-state index is 6.67. The molecule has 2 heterocycles. The molecule has 9 aromatic carbocycles. The highest BCUT2D eigenvalue weighted by molar-refractivity contribution is 6.12. The number of hydrogen-bond acceptors (Lipinski definition) is 2. The van der Waals surface area contributed by atoms with E-state index in [1.807, 2.05) is 0 Å². The predicted octanol–water partition coefficient (Wildman–Crippen LogP) is 14.0. The average molecular weight is 677 g/mol. The molecule has 0 fully saturated rings. The molecule has 53 heavy (non-hydrogen) atoms. The van der Waals surface area contributed by atoms with Crippen molar-refractivity contribution < 1.29 is 4.74 Å². The van der Waals surface area contributed by atoms with Gasteiger partial charge >= 0.3 is 0 Å². The summed E-state index contributed by atoms with van der Waals surface area (Å²) in [5, 5.41) is 7.23. The van der Waals surface area contributed by atoms with E-state index in [0.29, 0.717) is 0 Å². The van der Waals surface area contributed by atoms with E-state index in [0.717, 1.165) is 39.5 Å². The van der Waals surface area contributed by atoms with Gasteiger partial charge in [0, 0.05) is 50.2 Å². The molecule has 0 spiro atoms. The van der Waals surface area contributed by atoms with Crippen LogP contribution in [0.4, 0.5) is 17.1 Å². The fraction of sp³-hybridized carbons (Fsp3) is 0. The zero-order valence-electron chi connectivity index (χ0n) is 28.8. The second kappa shape index (κ2) is 11.7. The molecule has 0 unspecified atom stereocenters. The molecule has 1 aliphatic rings. The second-order valence-electron chi connectivity index (χ2n) is 13.7. The number of rotatable bonds is 5. The molecule has 0 amide bonds. The smallest absolute Gasteiger partial charge is 0.137 e. The normalized spacial score (nSPS) is 11.9. The van der Waals surface area contributed by atoms with E-state index in [1.165, 1.54) is 60.3 Å². The van der Waals surface area contributed by atoms with Crippen LogP contribution in [-0.2, 0) is 0 Å². The van der Waals surface area contributed by atoms with Gasteiger partial charge in [0.05, 0.1) is 16.7 Å². The van der Waals surface area contributed by atoms with Crippen molar-refractivity contribution in [1.29, 1.82) is 0 Å². The molecule has 0 saturated heterocycles. The molecule has 3 nitrogen and oxygen atoms in total. The molecule has 0 radical (unpaired) electrons. The monoisotopic (exact) mass is 676 g/mol. The number of benzene rings is 9. The zero-order chi connectivity index (χ0) is 34.9. The van der Waals surface area contributed by atoms with Crippen LogP contribution in [-0.4, -0.2) is 4.57 Å². The van der Waals surface area contributed by atoms with E-state index in [9.17, 15) is 0 Å². The molecule has 1 aromatic heterocycles. The maximum atomic E-state index is 6.67. The molecule has 0 saturated carbocycles. The fourth-order valence-electron chi connectivity index (χ4n) is 8.34. The highest BCUT2D eigenvalue weighted by Crippen LogP contribution is 2.49. The van der Waals surface area contributed by atoms with E-state index in [1.54, 1.807) is 0 Å². The maximum Gasteiger partial charge on any atom is 0.137 e. The molecule has 11 rings (SSSR count). The standard InChI is InChI=1S/C50H32N2O/c1-2-11-33(12-3-1)34-23-25-37(26-24-34)51(39-27-29-42-43-19-8-15-36-16-10-22-48(50(36)43)53-49(42)32-39)38-28-30-47-44(31-38)41-18-6-7-20-46(41)52(47)45-21-9-14-35-13-4-5-17-40(35)45/h1-32H. The summed E-state index contributed by atoms with van der Waals surface area (Å²) in [6.45, 7) is 0. The van der Waals surface area contributed by atoms with Crippen molar-refractivity contribution in [2.75, 3.05) is 4.90 Å². The Kier molecular flexibility index (Phi) is 6.55. The minimum Gasteiger partial charge on any atom is -0.456 e. The van der Waals surface area contributed by atoms with Gasteiger partial charge in [0.25, 0.3) is 0 Å². The fourth-order valence-corrected chi connectivity index (χ4v) is 8.34. The van der Waals surface area contributed by atoms with Crippen LogP contribution in [0, 0.1) is 0 Å². The first-order valence-corrected chi connectivity index (χ1v) is 18.1. The Bertz CT molecular complexity index is 3020. The minimum atomic E-state index is 0.855. The molecular formula is C50H32N2O. The second-order valence-corrected chi connectivity index (χ2v) is 13.7. The van der Waals surface area contributed by atoms with Crippen molar-refractivity contribution in [3.63, 3.8) is 0 Å². The number of fused-ring (bicyclic) bond motifs is 6. The first-order valence-electron chi connectivity index (χ1n) is 18.1. The molecule has 1 aliphatic heterocycles. The average Bonchev–Trinajstić information content (AvgIpc) is 3.55. The van der Waals surface area contributed by atoms with Gasteiger partial charge in [-0.2, -0.15) is 0 Å². The molecular weight excluding hydrogens is 645 g/mol.